The minimum atomic E-state index is -0.285. The zero-order valence-corrected chi connectivity index (χ0v) is 15.8. The van der Waals surface area contributed by atoms with E-state index in [2.05, 4.69) is 5.32 Å². The van der Waals surface area contributed by atoms with Crippen molar-refractivity contribution in [2.45, 2.75) is 12.8 Å². The second-order valence-corrected chi connectivity index (χ2v) is 7.18. The average molecular weight is 392 g/mol. The van der Waals surface area contributed by atoms with Crippen molar-refractivity contribution in [2.24, 2.45) is 5.92 Å². The lowest BCUT2D eigenvalue weighted by Gasteiger charge is -2.31. The van der Waals surface area contributed by atoms with Crippen molar-refractivity contribution in [1.82, 2.24) is 4.90 Å². The van der Waals surface area contributed by atoms with E-state index in [1.54, 1.807) is 29.2 Å². The second-order valence-electron chi connectivity index (χ2n) is 7.18. The molecule has 3 aromatic rings. The number of amides is 2. The molecule has 0 aliphatic carbocycles. The molecule has 0 radical (unpaired) electrons. The van der Waals surface area contributed by atoms with E-state index in [1.807, 2.05) is 18.2 Å². The maximum atomic E-state index is 13.4. The maximum absolute atomic E-state index is 13.4. The Morgan fingerprint density at radius 1 is 1.07 bits per heavy atom. The normalized spacial score (nSPS) is 16.4. The molecule has 1 aromatic heterocycles. The highest BCUT2D eigenvalue weighted by Crippen LogP contribution is 2.24. The number of furan rings is 1. The van der Waals surface area contributed by atoms with Gasteiger partial charge in [0.1, 0.15) is 12.1 Å². The van der Waals surface area contributed by atoms with Crippen molar-refractivity contribution < 1.29 is 18.4 Å². The molecule has 1 atom stereocenters. The summed E-state index contributed by atoms with van der Waals surface area (Å²) < 4.78 is 18.4. The fourth-order valence-corrected chi connectivity index (χ4v) is 3.60. The number of likely N-dealkylation sites (tertiary alicyclic amines) is 1. The van der Waals surface area contributed by atoms with Crippen LogP contribution in [0.15, 0.2) is 71.5 Å². The molecule has 6 heteroatoms. The highest BCUT2D eigenvalue weighted by molar-refractivity contribution is 5.96. The van der Waals surface area contributed by atoms with Gasteiger partial charge in [-0.05, 0) is 54.3 Å². The Labute approximate surface area is 168 Å². The number of halogens is 1. The van der Waals surface area contributed by atoms with Crippen LogP contribution in [0.2, 0.25) is 0 Å². The summed E-state index contributed by atoms with van der Waals surface area (Å²) in [6.07, 6.45) is 4.41. The summed E-state index contributed by atoms with van der Waals surface area (Å²) >= 11 is 0. The first-order valence-corrected chi connectivity index (χ1v) is 9.58. The van der Waals surface area contributed by atoms with Crippen molar-refractivity contribution in [3.63, 3.8) is 0 Å². The molecule has 5 nitrogen and oxygen atoms in total. The van der Waals surface area contributed by atoms with E-state index < -0.39 is 0 Å². The molecule has 1 fully saturated rings. The second kappa shape index (κ2) is 8.31. The monoisotopic (exact) mass is 392 g/mol. The van der Waals surface area contributed by atoms with E-state index in [-0.39, 0.29) is 23.5 Å². The Balaban J connectivity index is 1.39. The van der Waals surface area contributed by atoms with Gasteiger partial charge in [0.15, 0.2) is 0 Å². The molecule has 1 aliphatic heterocycles. The van der Waals surface area contributed by atoms with Crippen LogP contribution in [0, 0.1) is 11.7 Å². The summed E-state index contributed by atoms with van der Waals surface area (Å²) in [4.78, 5) is 26.9. The number of nitrogens with one attached hydrogen (secondary N) is 1. The molecule has 0 bridgehead atoms. The number of anilines is 1. The Morgan fingerprint density at radius 3 is 2.62 bits per heavy atom. The molecule has 1 aliphatic rings. The minimum absolute atomic E-state index is 0.104. The van der Waals surface area contributed by atoms with Crippen LogP contribution in [-0.4, -0.2) is 29.8 Å². The summed E-state index contributed by atoms with van der Waals surface area (Å²) in [7, 11) is 0. The van der Waals surface area contributed by atoms with Gasteiger partial charge in [-0.25, -0.2) is 4.39 Å². The number of benzene rings is 2. The molecular weight excluding hydrogens is 371 g/mol. The number of rotatable bonds is 4. The van der Waals surface area contributed by atoms with Gasteiger partial charge in [-0.15, -0.1) is 0 Å². The lowest BCUT2D eigenvalue weighted by atomic mass is 9.96. The van der Waals surface area contributed by atoms with Crippen molar-refractivity contribution >= 4 is 17.5 Å². The molecule has 2 aromatic carbocycles. The molecule has 148 valence electrons. The zero-order valence-electron chi connectivity index (χ0n) is 15.8. The maximum Gasteiger partial charge on any atom is 0.257 e. The molecule has 0 unspecified atom stereocenters. The molecule has 0 saturated carbocycles. The Hall–Kier alpha value is -3.41. The van der Waals surface area contributed by atoms with Gasteiger partial charge < -0.3 is 14.6 Å². The van der Waals surface area contributed by atoms with E-state index in [0.717, 1.165) is 24.0 Å². The van der Waals surface area contributed by atoms with Gasteiger partial charge in [0.2, 0.25) is 5.91 Å². The van der Waals surface area contributed by atoms with E-state index in [4.69, 9.17) is 4.42 Å². The van der Waals surface area contributed by atoms with Crippen molar-refractivity contribution in [3.05, 3.63) is 78.5 Å². The third kappa shape index (κ3) is 4.37. The van der Waals surface area contributed by atoms with Crippen LogP contribution in [0.25, 0.3) is 11.1 Å². The van der Waals surface area contributed by atoms with Crippen LogP contribution in [0.1, 0.15) is 23.2 Å². The predicted molar refractivity (Wildman–Crippen MR) is 108 cm³/mol. The molecular formula is C23H21FN2O3. The number of hydrogen-bond acceptors (Lipinski definition) is 3. The summed E-state index contributed by atoms with van der Waals surface area (Å²) in [5, 5.41) is 2.93. The first-order chi connectivity index (χ1) is 14.1. The van der Waals surface area contributed by atoms with Gasteiger partial charge in [-0.1, -0.05) is 24.3 Å². The first-order valence-electron chi connectivity index (χ1n) is 9.58. The van der Waals surface area contributed by atoms with E-state index in [0.29, 0.717) is 24.3 Å². The summed E-state index contributed by atoms with van der Waals surface area (Å²) in [5.74, 6) is -0.766. The molecule has 29 heavy (non-hydrogen) atoms. The highest BCUT2D eigenvalue weighted by Gasteiger charge is 2.29. The zero-order chi connectivity index (χ0) is 20.2. The van der Waals surface area contributed by atoms with E-state index in [9.17, 15) is 14.0 Å². The van der Waals surface area contributed by atoms with Crippen molar-refractivity contribution in [2.75, 3.05) is 18.4 Å². The lowest BCUT2D eigenvalue weighted by molar-refractivity contribution is -0.121. The van der Waals surface area contributed by atoms with E-state index >= 15 is 0 Å². The summed E-state index contributed by atoms with van der Waals surface area (Å²) in [5.41, 5.74) is 2.83. The third-order valence-corrected chi connectivity index (χ3v) is 5.16. The van der Waals surface area contributed by atoms with Gasteiger partial charge >= 0.3 is 0 Å². The predicted octanol–water partition coefficient (Wildman–Crippen LogP) is 4.58. The Morgan fingerprint density at radius 2 is 1.90 bits per heavy atom. The SMILES string of the molecule is O=C(Nc1ccc(-c2cccc(F)c2)cc1)[C@@H]1CCCN(C(=O)c2ccoc2)C1. The topological polar surface area (TPSA) is 62.6 Å². The van der Waals surface area contributed by atoms with Gasteiger partial charge in [-0.2, -0.15) is 0 Å². The fraction of sp³-hybridized carbons (Fsp3) is 0.217. The van der Waals surface area contributed by atoms with Crippen LogP contribution < -0.4 is 5.32 Å². The van der Waals surface area contributed by atoms with E-state index in [1.165, 1.54) is 24.7 Å². The summed E-state index contributed by atoms with van der Waals surface area (Å²) in [6.45, 7) is 1.02. The molecule has 0 spiro atoms. The number of carbonyl (C=O) groups is 2. The van der Waals surface area contributed by atoms with Gasteiger partial charge in [0.25, 0.3) is 5.91 Å². The van der Waals surface area contributed by atoms with Crippen LogP contribution in [0.4, 0.5) is 10.1 Å². The number of piperidine rings is 1. The average Bonchev–Trinajstić information content (AvgIpc) is 3.29. The molecule has 2 heterocycles. The number of carbonyl (C=O) groups excluding carboxylic acids is 2. The van der Waals surface area contributed by atoms with Gasteiger partial charge in [-0.3, -0.25) is 9.59 Å². The van der Waals surface area contributed by atoms with Crippen LogP contribution >= 0.6 is 0 Å². The van der Waals surface area contributed by atoms with Crippen LogP contribution in [0.5, 0.6) is 0 Å². The van der Waals surface area contributed by atoms with Crippen LogP contribution in [-0.2, 0) is 4.79 Å². The standard InChI is InChI=1S/C23H21FN2O3/c24-20-5-1-3-17(13-20)16-6-8-21(9-7-16)25-22(27)18-4-2-11-26(14-18)23(28)19-10-12-29-15-19/h1,3,5-10,12-13,15,18H,2,4,11,14H2,(H,25,27)/t18-/m1/s1. The largest absolute Gasteiger partial charge is 0.472 e. The number of hydrogen-bond donors (Lipinski definition) is 1. The van der Waals surface area contributed by atoms with Gasteiger partial charge in [0.05, 0.1) is 17.7 Å². The third-order valence-electron chi connectivity index (χ3n) is 5.16. The number of nitrogens with zero attached hydrogens (tertiary/aromatic N) is 1. The lowest BCUT2D eigenvalue weighted by Crippen LogP contribution is -2.43. The Bertz CT molecular complexity index is 999. The fourth-order valence-electron chi connectivity index (χ4n) is 3.60. The smallest absolute Gasteiger partial charge is 0.257 e. The first kappa shape index (κ1) is 18.9. The molecule has 4 rings (SSSR count). The van der Waals surface area contributed by atoms with Crippen molar-refractivity contribution in [1.29, 1.82) is 0 Å². The van der Waals surface area contributed by atoms with Gasteiger partial charge in [0, 0.05) is 18.8 Å². The van der Waals surface area contributed by atoms with Crippen molar-refractivity contribution in [3.8, 4) is 11.1 Å². The quantitative estimate of drug-likeness (QED) is 0.707. The molecule has 1 N–H and O–H groups in total. The summed E-state index contributed by atoms with van der Waals surface area (Å²) in [6, 6.07) is 15.3. The Kier molecular flexibility index (Phi) is 5.42. The highest BCUT2D eigenvalue weighted by atomic mass is 19.1. The molecule has 2 amide bonds. The minimum Gasteiger partial charge on any atom is -0.472 e. The molecule has 1 saturated heterocycles. The van der Waals surface area contributed by atoms with Crippen LogP contribution in [0.3, 0.4) is 0 Å².